The number of carbonyl (C=O) groups excluding carboxylic acids is 2. The maximum Gasteiger partial charge on any atom is 0.329 e. The van der Waals surface area contributed by atoms with Crippen LogP contribution in [0, 0.1) is 0 Å². The van der Waals surface area contributed by atoms with Gasteiger partial charge in [-0.2, -0.15) is 0 Å². The number of hydrogen-bond acceptors (Lipinski definition) is 3. The zero-order chi connectivity index (χ0) is 12.0. The molecule has 1 amide bonds. The molecule has 2 aliphatic rings. The predicted molar refractivity (Wildman–Crippen MR) is 60.8 cm³/mol. The molecular formula is C12H10ClNO3. The highest BCUT2D eigenvalue weighted by molar-refractivity contribution is 6.30. The first-order chi connectivity index (χ1) is 8.15. The van der Waals surface area contributed by atoms with Crippen molar-refractivity contribution in [3.63, 3.8) is 0 Å². The van der Waals surface area contributed by atoms with Crippen LogP contribution in [0.3, 0.4) is 0 Å². The van der Waals surface area contributed by atoms with Gasteiger partial charge in [-0.25, -0.2) is 4.79 Å². The Hall–Kier alpha value is -1.55. The number of halogens is 1. The molecule has 2 heterocycles. The lowest BCUT2D eigenvalue weighted by Crippen LogP contribution is -2.44. The molecule has 0 aliphatic carbocycles. The van der Waals surface area contributed by atoms with E-state index in [1.54, 1.807) is 29.2 Å². The summed E-state index contributed by atoms with van der Waals surface area (Å²) in [5, 5.41) is 0.587. The Morgan fingerprint density at radius 1 is 1.35 bits per heavy atom. The summed E-state index contributed by atoms with van der Waals surface area (Å²) in [4.78, 5) is 25.2. The third-order valence-electron chi connectivity index (χ3n) is 3.17. The van der Waals surface area contributed by atoms with E-state index in [1.165, 1.54) is 0 Å². The zero-order valence-corrected chi connectivity index (χ0v) is 9.68. The summed E-state index contributed by atoms with van der Waals surface area (Å²) in [6, 6.07) is 6.27. The number of nitrogens with zero attached hydrogens (tertiary/aromatic N) is 1. The number of rotatable bonds is 1. The van der Waals surface area contributed by atoms with Crippen LogP contribution in [0.1, 0.15) is 16.8 Å². The van der Waals surface area contributed by atoms with E-state index in [9.17, 15) is 9.59 Å². The molecule has 17 heavy (non-hydrogen) atoms. The molecule has 0 saturated carbocycles. The first-order valence-corrected chi connectivity index (χ1v) is 5.80. The van der Waals surface area contributed by atoms with E-state index < -0.39 is 6.04 Å². The Balaban J connectivity index is 1.84. The van der Waals surface area contributed by atoms with Crippen LogP contribution >= 0.6 is 11.6 Å². The first-order valence-electron chi connectivity index (χ1n) is 5.42. The molecule has 2 atom stereocenters. The van der Waals surface area contributed by atoms with E-state index in [2.05, 4.69) is 0 Å². The Morgan fingerprint density at radius 3 is 2.65 bits per heavy atom. The van der Waals surface area contributed by atoms with Gasteiger partial charge in [0, 0.05) is 17.0 Å². The van der Waals surface area contributed by atoms with Crippen molar-refractivity contribution in [1.82, 2.24) is 4.90 Å². The number of morpholine rings is 1. The van der Waals surface area contributed by atoms with Crippen LogP contribution in [0.25, 0.3) is 0 Å². The van der Waals surface area contributed by atoms with Crippen LogP contribution in [-0.4, -0.2) is 35.5 Å². The number of likely N-dealkylation sites (tertiary alicyclic amines) is 1. The topological polar surface area (TPSA) is 46.6 Å². The van der Waals surface area contributed by atoms with E-state index in [1.807, 2.05) is 0 Å². The van der Waals surface area contributed by atoms with Crippen molar-refractivity contribution >= 4 is 23.5 Å². The van der Waals surface area contributed by atoms with E-state index in [0.29, 0.717) is 23.6 Å². The van der Waals surface area contributed by atoms with Gasteiger partial charge in [-0.05, 0) is 24.3 Å². The van der Waals surface area contributed by atoms with Crippen molar-refractivity contribution < 1.29 is 14.3 Å². The largest absolute Gasteiger partial charge is 0.459 e. The van der Waals surface area contributed by atoms with Gasteiger partial charge in [-0.15, -0.1) is 0 Å². The van der Waals surface area contributed by atoms with Gasteiger partial charge in [0.1, 0.15) is 12.1 Å². The van der Waals surface area contributed by atoms with Crippen LogP contribution in [-0.2, 0) is 9.53 Å². The lowest BCUT2D eigenvalue weighted by atomic mass is 10.2. The summed E-state index contributed by atoms with van der Waals surface area (Å²) in [6.07, 6.45) is 0.502. The second-order valence-electron chi connectivity index (χ2n) is 4.27. The lowest BCUT2D eigenvalue weighted by molar-refractivity contribution is -0.149. The molecule has 0 aromatic heterocycles. The highest BCUT2D eigenvalue weighted by Crippen LogP contribution is 2.30. The fraction of sp³-hybridized carbons (Fsp3) is 0.333. The Kier molecular flexibility index (Phi) is 2.33. The van der Waals surface area contributed by atoms with Crippen molar-refractivity contribution in [2.24, 2.45) is 0 Å². The summed E-state index contributed by atoms with van der Waals surface area (Å²) in [5.74, 6) is -0.422. The predicted octanol–water partition coefficient (Wildman–Crippen LogP) is 1.48. The summed E-state index contributed by atoms with van der Waals surface area (Å²) in [6.45, 7) is 0.498. The van der Waals surface area contributed by atoms with Crippen LogP contribution in [0.4, 0.5) is 0 Å². The summed E-state index contributed by atoms with van der Waals surface area (Å²) in [5.41, 5.74) is 0.551. The molecule has 2 fully saturated rings. The van der Waals surface area contributed by atoms with E-state index in [0.717, 1.165) is 0 Å². The third-order valence-corrected chi connectivity index (χ3v) is 3.42. The minimum absolute atomic E-state index is 0.122. The Bertz CT molecular complexity index is 485. The van der Waals surface area contributed by atoms with Crippen molar-refractivity contribution in [3.8, 4) is 0 Å². The maximum absolute atomic E-state index is 12.2. The second kappa shape index (κ2) is 3.74. The molecule has 4 nitrogen and oxygen atoms in total. The first kappa shape index (κ1) is 10.6. The van der Waals surface area contributed by atoms with E-state index in [-0.39, 0.29) is 18.0 Å². The minimum Gasteiger partial charge on any atom is -0.459 e. The monoisotopic (exact) mass is 251 g/mol. The molecule has 2 aliphatic heterocycles. The number of hydrogen-bond donors (Lipinski definition) is 0. The number of benzene rings is 1. The van der Waals surface area contributed by atoms with Gasteiger partial charge in [-0.3, -0.25) is 4.79 Å². The molecule has 1 aromatic carbocycles. The molecule has 88 valence electrons. The highest BCUT2D eigenvalue weighted by atomic mass is 35.5. The van der Waals surface area contributed by atoms with Gasteiger partial charge in [0.05, 0.1) is 6.54 Å². The SMILES string of the molecule is O=C1O[C@H]2C[C@H]1N(C(=O)c1ccc(Cl)cc1)C2. The minimum atomic E-state index is -0.400. The average Bonchev–Trinajstić information content (AvgIpc) is 2.87. The molecule has 2 saturated heterocycles. The molecule has 5 heteroatoms. The summed E-state index contributed by atoms with van der Waals surface area (Å²) >= 11 is 5.76. The normalized spacial score (nSPS) is 26.2. The quantitative estimate of drug-likeness (QED) is 0.711. The fourth-order valence-electron chi connectivity index (χ4n) is 2.33. The highest BCUT2D eigenvalue weighted by Gasteiger charge is 2.48. The van der Waals surface area contributed by atoms with Crippen molar-refractivity contribution in [2.75, 3.05) is 6.54 Å². The van der Waals surface area contributed by atoms with Gasteiger partial charge < -0.3 is 9.64 Å². The summed E-state index contributed by atoms with van der Waals surface area (Å²) < 4.78 is 5.04. The lowest BCUT2D eigenvalue weighted by Gasteiger charge is -2.25. The van der Waals surface area contributed by atoms with Crippen molar-refractivity contribution in [3.05, 3.63) is 34.9 Å². The van der Waals surface area contributed by atoms with Crippen LogP contribution in [0.5, 0.6) is 0 Å². The van der Waals surface area contributed by atoms with E-state index in [4.69, 9.17) is 16.3 Å². The molecule has 1 aromatic rings. The Labute approximate surface area is 103 Å². The second-order valence-corrected chi connectivity index (χ2v) is 4.71. The molecule has 0 radical (unpaired) electrons. The van der Waals surface area contributed by atoms with Crippen LogP contribution < -0.4 is 0 Å². The number of carbonyl (C=O) groups is 2. The van der Waals surface area contributed by atoms with Gasteiger partial charge in [-0.1, -0.05) is 11.6 Å². The maximum atomic E-state index is 12.2. The summed E-state index contributed by atoms with van der Waals surface area (Å²) in [7, 11) is 0. The third kappa shape index (κ3) is 1.69. The smallest absolute Gasteiger partial charge is 0.329 e. The van der Waals surface area contributed by atoms with E-state index >= 15 is 0 Å². The number of fused-ring (bicyclic) bond motifs is 2. The molecular weight excluding hydrogens is 242 g/mol. The number of amides is 1. The number of ether oxygens (including phenoxy) is 1. The van der Waals surface area contributed by atoms with Gasteiger partial charge in [0.2, 0.25) is 0 Å². The fourth-order valence-corrected chi connectivity index (χ4v) is 2.46. The van der Waals surface area contributed by atoms with Gasteiger partial charge >= 0.3 is 5.97 Å². The molecule has 2 bridgehead atoms. The van der Waals surface area contributed by atoms with Crippen LogP contribution in [0.2, 0.25) is 5.02 Å². The van der Waals surface area contributed by atoms with Crippen LogP contribution in [0.15, 0.2) is 24.3 Å². The molecule has 0 unspecified atom stereocenters. The number of esters is 1. The van der Waals surface area contributed by atoms with Gasteiger partial charge in [0.25, 0.3) is 5.91 Å². The van der Waals surface area contributed by atoms with Crippen molar-refractivity contribution in [1.29, 1.82) is 0 Å². The molecule has 0 spiro atoms. The zero-order valence-electron chi connectivity index (χ0n) is 8.93. The molecule has 0 N–H and O–H groups in total. The molecule has 3 rings (SSSR count). The van der Waals surface area contributed by atoms with Gasteiger partial charge in [0.15, 0.2) is 0 Å². The average molecular weight is 252 g/mol. The van der Waals surface area contributed by atoms with Crippen molar-refractivity contribution in [2.45, 2.75) is 18.6 Å². The standard InChI is InChI=1S/C12H10ClNO3/c13-8-3-1-7(2-4-8)11(15)14-6-9-5-10(14)12(16)17-9/h1-4,9-10H,5-6H2/t9-,10+/m0/s1. The Morgan fingerprint density at radius 2 is 2.06 bits per heavy atom.